The fourth-order valence-corrected chi connectivity index (χ4v) is 1.86. The van der Waals surface area contributed by atoms with Crippen molar-refractivity contribution in [2.24, 2.45) is 0 Å². The minimum atomic E-state index is -0.166. The number of rotatable bonds is 3. The van der Waals surface area contributed by atoms with E-state index in [1.165, 1.54) is 6.07 Å². The van der Waals surface area contributed by atoms with Crippen LogP contribution in [0.5, 0.6) is 0 Å². The number of nitrogens with one attached hydrogen (secondary N) is 2. The van der Waals surface area contributed by atoms with Gasteiger partial charge in [0, 0.05) is 16.8 Å². The monoisotopic (exact) mass is 277 g/mol. The fourth-order valence-electron chi connectivity index (χ4n) is 1.69. The molecule has 0 spiro atoms. The average Bonchev–Trinajstić information content (AvgIpc) is 2.33. The van der Waals surface area contributed by atoms with E-state index in [4.69, 9.17) is 11.6 Å². The average molecular weight is 278 g/mol. The van der Waals surface area contributed by atoms with Crippen molar-refractivity contribution >= 4 is 23.2 Å². The molecule has 0 aliphatic rings. The van der Waals surface area contributed by atoms with E-state index >= 15 is 0 Å². The molecule has 2 aromatic rings. The molecule has 19 heavy (non-hydrogen) atoms. The van der Waals surface area contributed by atoms with Gasteiger partial charge in [-0.1, -0.05) is 31.5 Å². The second-order valence-electron chi connectivity index (χ2n) is 4.76. The maximum absolute atomic E-state index is 11.6. The number of halogens is 1. The quantitative estimate of drug-likeness (QED) is 0.901. The molecule has 2 rings (SSSR count). The molecule has 1 heterocycles. The molecule has 0 saturated carbocycles. The van der Waals surface area contributed by atoms with Gasteiger partial charge in [0.05, 0.1) is 5.69 Å². The Morgan fingerprint density at radius 3 is 2.74 bits per heavy atom. The van der Waals surface area contributed by atoms with E-state index in [0.717, 1.165) is 16.9 Å². The molecule has 0 saturated heterocycles. The first-order valence-corrected chi connectivity index (χ1v) is 6.48. The normalized spacial score (nSPS) is 10.8. The molecule has 5 heteroatoms. The number of nitrogens with zero attached hydrogens (tertiary/aromatic N) is 1. The zero-order chi connectivity index (χ0) is 14.0. The molecule has 1 aromatic carbocycles. The lowest BCUT2D eigenvalue weighted by molar-refractivity contribution is 0.812. The number of aryl methyl sites for hydroxylation is 1. The molecular weight excluding hydrogens is 262 g/mol. The number of hydrogen-bond acceptors (Lipinski definition) is 3. The number of aromatic amines is 1. The van der Waals surface area contributed by atoms with Crippen molar-refractivity contribution in [3.8, 4) is 0 Å². The molecule has 0 aliphatic carbocycles. The van der Waals surface area contributed by atoms with Gasteiger partial charge in [-0.2, -0.15) is 0 Å². The van der Waals surface area contributed by atoms with Crippen LogP contribution < -0.4 is 10.9 Å². The molecule has 100 valence electrons. The summed E-state index contributed by atoms with van der Waals surface area (Å²) in [5.74, 6) is 0.630. The Bertz CT molecular complexity index is 649. The summed E-state index contributed by atoms with van der Waals surface area (Å²) >= 11 is 5.96. The van der Waals surface area contributed by atoms with E-state index in [2.05, 4.69) is 15.3 Å². The minimum absolute atomic E-state index is 0.166. The fraction of sp³-hybridized carbons (Fsp3) is 0.286. The number of hydrogen-bond donors (Lipinski definition) is 2. The smallest absolute Gasteiger partial charge is 0.252 e. The summed E-state index contributed by atoms with van der Waals surface area (Å²) < 4.78 is 0. The second kappa shape index (κ2) is 5.45. The van der Waals surface area contributed by atoms with Crippen LogP contribution in [-0.4, -0.2) is 9.97 Å². The zero-order valence-corrected chi connectivity index (χ0v) is 11.9. The van der Waals surface area contributed by atoms with Crippen molar-refractivity contribution in [1.82, 2.24) is 9.97 Å². The highest BCUT2D eigenvalue weighted by molar-refractivity contribution is 6.30. The van der Waals surface area contributed by atoms with Crippen molar-refractivity contribution in [2.45, 2.75) is 26.7 Å². The first kappa shape index (κ1) is 13.6. The lowest BCUT2D eigenvalue weighted by Crippen LogP contribution is -2.13. The molecule has 4 nitrogen and oxygen atoms in total. The summed E-state index contributed by atoms with van der Waals surface area (Å²) in [7, 11) is 0. The molecule has 2 N–H and O–H groups in total. The topological polar surface area (TPSA) is 57.8 Å². The Morgan fingerprint density at radius 1 is 1.32 bits per heavy atom. The van der Waals surface area contributed by atoms with E-state index in [1.54, 1.807) is 6.07 Å². The second-order valence-corrected chi connectivity index (χ2v) is 5.19. The number of anilines is 2. The maximum Gasteiger partial charge on any atom is 0.252 e. The molecule has 0 fully saturated rings. The van der Waals surface area contributed by atoms with Crippen molar-refractivity contribution in [1.29, 1.82) is 0 Å². The Morgan fingerprint density at radius 2 is 2.05 bits per heavy atom. The third-order valence-corrected chi connectivity index (χ3v) is 3.04. The highest BCUT2D eigenvalue weighted by Crippen LogP contribution is 2.22. The summed E-state index contributed by atoms with van der Waals surface area (Å²) in [5, 5.41) is 3.73. The van der Waals surface area contributed by atoms with Crippen LogP contribution in [0.15, 0.2) is 29.1 Å². The Hall–Kier alpha value is -1.81. The first-order chi connectivity index (χ1) is 8.95. The zero-order valence-electron chi connectivity index (χ0n) is 11.1. The van der Waals surface area contributed by atoms with Crippen LogP contribution in [0.1, 0.15) is 31.0 Å². The van der Waals surface area contributed by atoms with Crippen LogP contribution in [0, 0.1) is 6.92 Å². The summed E-state index contributed by atoms with van der Waals surface area (Å²) in [6, 6.07) is 7.05. The van der Waals surface area contributed by atoms with Gasteiger partial charge in [-0.15, -0.1) is 0 Å². The minimum Gasteiger partial charge on any atom is -0.325 e. The van der Waals surface area contributed by atoms with E-state index in [0.29, 0.717) is 11.0 Å². The lowest BCUT2D eigenvalue weighted by Gasteiger charge is -2.11. The third kappa shape index (κ3) is 3.35. The predicted octanol–water partition coefficient (Wildman–Crippen LogP) is 3.60. The van der Waals surface area contributed by atoms with Crippen LogP contribution in [-0.2, 0) is 0 Å². The first-order valence-electron chi connectivity index (χ1n) is 6.10. The summed E-state index contributed by atoms with van der Waals surface area (Å²) in [6.45, 7) is 5.95. The van der Waals surface area contributed by atoms with Gasteiger partial charge in [0.25, 0.3) is 5.56 Å². The molecule has 0 radical (unpaired) electrons. The standard InChI is InChI=1S/C14H16ClN3O/c1-8(2)11-7-13(19)18-14(16-11)17-12-6-10(15)5-4-9(12)3/h4-8H,1-3H3,(H2,16,17,18,19). The summed E-state index contributed by atoms with van der Waals surface area (Å²) in [6.07, 6.45) is 0. The third-order valence-electron chi connectivity index (χ3n) is 2.81. The Balaban J connectivity index is 2.38. The van der Waals surface area contributed by atoms with Crippen LogP contribution >= 0.6 is 11.6 Å². The van der Waals surface area contributed by atoms with Crippen LogP contribution in [0.2, 0.25) is 5.02 Å². The van der Waals surface area contributed by atoms with Gasteiger partial charge >= 0.3 is 0 Å². The van der Waals surface area contributed by atoms with Crippen LogP contribution in [0.25, 0.3) is 0 Å². The van der Waals surface area contributed by atoms with Gasteiger partial charge in [-0.05, 0) is 30.5 Å². The Kier molecular flexibility index (Phi) is 3.90. The van der Waals surface area contributed by atoms with Crippen molar-refractivity contribution in [2.75, 3.05) is 5.32 Å². The number of benzene rings is 1. The Labute approximate surface area is 116 Å². The highest BCUT2D eigenvalue weighted by atomic mass is 35.5. The lowest BCUT2D eigenvalue weighted by atomic mass is 10.1. The van der Waals surface area contributed by atoms with Gasteiger partial charge in [0.15, 0.2) is 0 Å². The van der Waals surface area contributed by atoms with Crippen molar-refractivity contribution in [3.63, 3.8) is 0 Å². The van der Waals surface area contributed by atoms with Crippen molar-refractivity contribution < 1.29 is 0 Å². The van der Waals surface area contributed by atoms with E-state index < -0.39 is 0 Å². The van der Waals surface area contributed by atoms with Gasteiger partial charge in [0.1, 0.15) is 0 Å². The van der Waals surface area contributed by atoms with Gasteiger partial charge in [-0.3, -0.25) is 9.78 Å². The van der Waals surface area contributed by atoms with Gasteiger partial charge in [-0.25, -0.2) is 4.98 Å². The predicted molar refractivity (Wildman–Crippen MR) is 78.4 cm³/mol. The van der Waals surface area contributed by atoms with E-state index in [-0.39, 0.29) is 11.5 Å². The molecule has 0 unspecified atom stereocenters. The number of aromatic nitrogens is 2. The summed E-state index contributed by atoms with van der Waals surface area (Å²) in [4.78, 5) is 18.7. The molecule has 0 atom stereocenters. The van der Waals surface area contributed by atoms with E-state index in [9.17, 15) is 4.79 Å². The maximum atomic E-state index is 11.6. The van der Waals surface area contributed by atoms with Crippen LogP contribution in [0.4, 0.5) is 11.6 Å². The SMILES string of the molecule is Cc1ccc(Cl)cc1Nc1nc(C(C)C)cc(=O)[nH]1. The van der Waals surface area contributed by atoms with Gasteiger partial charge < -0.3 is 5.32 Å². The molecular formula is C14H16ClN3O. The molecule has 0 aliphatic heterocycles. The van der Waals surface area contributed by atoms with Crippen LogP contribution in [0.3, 0.4) is 0 Å². The molecule has 0 amide bonds. The highest BCUT2D eigenvalue weighted by Gasteiger charge is 2.06. The molecule has 1 aromatic heterocycles. The number of H-pyrrole nitrogens is 1. The largest absolute Gasteiger partial charge is 0.325 e. The molecule has 0 bridgehead atoms. The van der Waals surface area contributed by atoms with E-state index in [1.807, 2.05) is 32.9 Å². The van der Waals surface area contributed by atoms with Gasteiger partial charge in [0.2, 0.25) is 5.95 Å². The summed E-state index contributed by atoms with van der Waals surface area (Å²) in [5.41, 5.74) is 2.45. The van der Waals surface area contributed by atoms with Crippen molar-refractivity contribution in [3.05, 3.63) is 50.9 Å².